The molecule has 0 atom stereocenters. The number of hydrogen-bond acceptors (Lipinski definition) is 2. The van der Waals surface area contributed by atoms with Gasteiger partial charge in [-0.05, 0) is 5.56 Å². The highest BCUT2D eigenvalue weighted by Crippen LogP contribution is 2.20. The Morgan fingerprint density at radius 3 is 2.47 bits per heavy atom. The van der Waals surface area contributed by atoms with Gasteiger partial charge in [-0.2, -0.15) is 0 Å². The maximum absolute atomic E-state index is 11.4. The first-order valence-electron chi connectivity index (χ1n) is 4.64. The Morgan fingerprint density at radius 1 is 1.13 bits per heavy atom. The minimum absolute atomic E-state index is 0.00282. The molecule has 0 unspecified atom stereocenters. The first-order chi connectivity index (χ1) is 7.18. The van der Waals surface area contributed by atoms with E-state index in [1.807, 2.05) is 30.3 Å². The quantitative estimate of drug-likeness (QED) is 0.763. The van der Waals surface area contributed by atoms with E-state index in [9.17, 15) is 9.90 Å². The Morgan fingerprint density at radius 2 is 1.80 bits per heavy atom. The molecule has 3 heteroatoms. The van der Waals surface area contributed by atoms with Gasteiger partial charge < -0.3 is 9.67 Å². The van der Waals surface area contributed by atoms with E-state index < -0.39 is 0 Å². The number of aromatic hydroxyl groups is 1. The molecule has 0 bridgehead atoms. The largest absolute Gasteiger partial charge is 0.508 e. The number of nitrogens with zero attached hydrogens (tertiary/aromatic N) is 1. The summed E-state index contributed by atoms with van der Waals surface area (Å²) in [5.41, 5.74) is 1.41. The second-order valence-corrected chi connectivity index (χ2v) is 3.36. The zero-order valence-electron chi connectivity index (χ0n) is 8.34. The highest BCUT2D eigenvalue weighted by molar-refractivity contribution is 5.60. The molecule has 0 aliphatic rings. The Kier molecular flexibility index (Phi) is 2.29. The summed E-state index contributed by atoms with van der Waals surface area (Å²) >= 11 is 0. The zero-order chi connectivity index (χ0) is 10.8. The lowest BCUT2D eigenvalue weighted by Gasteiger charge is -2.08. The summed E-state index contributed by atoms with van der Waals surface area (Å²) in [4.78, 5) is 11.4. The molecule has 0 spiro atoms. The van der Waals surface area contributed by atoms with Gasteiger partial charge in [0.05, 0.1) is 5.69 Å². The lowest BCUT2D eigenvalue weighted by atomic mass is 10.1. The van der Waals surface area contributed by atoms with Gasteiger partial charge in [0.1, 0.15) is 5.75 Å². The topological polar surface area (TPSA) is 42.2 Å². The van der Waals surface area contributed by atoms with Crippen molar-refractivity contribution in [1.29, 1.82) is 0 Å². The van der Waals surface area contributed by atoms with Crippen molar-refractivity contribution in [3.05, 3.63) is 52.8 Å². The molecular formula is C12H11NO2. The molecule has 1 N–H and O–H groups in total. The fourth-order valence-corrected chi connectivity index (χ4v) is 1.51. The molecule has 3 nitrogen and oxygen atoms in total. The van der Waals surface area contributed by atoms with Gasteiger partial charge >= 0.3 is 0 Å². The summed E-state index contributed by atoms with van der Waals surface area (Å²) in [5.74, 6) is -0.00282. The Hall–Kier alpha value is -2.03. The van der Waals surface area contributed by atoms with Crippen LogP contribution in [0.2, 0.25) is 0 Å². The summed E-state index contributed by atoms with van der Waals surface area (Å²) in [6.07, 6.45) is 0. The van der Waals surface area contributed by atoms with Gasteiger partial charge in [0.25, 0.3) is 5.56 Å². The number of hydrogen-bond donors (Lipinski definition) is 1. The fourth-order valence-electron chi connectivity index (χ4n) is 1.51. The van der Waals surface area contributed by atoms with Crippen molar-refractivity contribution in [3.63, 3.8) is 0 Å². The van der Waals surface area contributed by atoms with Crippen LogP contribution < -0.4 is 5.56 Å². The molecule has 2 rings (SSSR count). The van der Waals surface area contributed by atoms with Gasteiger partial charge in [-0.1, -0.05) is 30.3 Å². The van der Waals surface area contributed by atoms with E-state index in [0.29, 0.717) is 5.69 Å². The van der Waals surface area contributed by atoms with Crippen LogP contribution >= 0.6 is 0 Å². The molecule has 0 fully saturated rings. The smallest absolute Gasteiger partial charge is 0.254 e. The van der Waals surface area contributed by atoms with Gasteiger partial charge in [-0.15, -0.1) is 0 Å². The number of benzene rings is 1. The van der Waals surface area contributed by atoms with Gasteiger partial charge in [-0.3, -0.25) is 4.79 Å². The van der Waals surface area contributed by atoms with Crippen LogP contribution in [0.3, 0.4) is 0 Å². The van der Waals surface area contributed by atoms with Gasteiger partial charge in [0.2, 0.25) is 0 Å². The standard InChI is InChI=1S/C12H11NO2/c1-13-11(7-10(14)8-12(13)15)9-5-3-2-4-6-9/h2-8,14H,1H3. The highest BCUT2D eigenvalue weighted by atomic mass is 16.3. The number of rotatable bonds is 1. The molecule has 76 valence electrons. The SMILES string of the molecule is Cn1c(-c2ccccc2)cc(O)cc1=O. The molecule has 0 aliphatic heterocycles. The number of pyridine rings is 1. The van der Waals surface area contributed by atoms with Crippen LogP contribution in [0, 0.1) is 0 Å². The molecular weight excluding hydrogens is 190 g/mol. The van der Waals surface area contributed by atoms with E-state index in [-0.39, 0.29) is 11.3 Å². The molecule has 1 aromatic heterocycles. The molecule has 1 aromatic carbocycles. The van der Waals surface area contributed by atoms with Crippen LogP contribution in [-0.2, 0) is 7.05 Å². The summed E-state index contributed by atoms with van der Waals surface area (Å²) in [7, 11) is 1.68. The van der Waals surface area contributed by atoms with E-state index in [2.05, 4.69) is 0 Å². The van der Waals surface area contributed by atoms with Crippen molar-refractivity contribution < 1.29 is 5.11 Å². The molecule has 0 radical (unpaired) electrons. The van der Waals surface area contributed by atoms with Crippen LogP contribution in [0.5, 0.6) is 5.75 Å². The monoisotopic (exact) mass is 201 g/mol. The average Bonchev–Trinajstić information content (AvgIpc) is 2.24. The van der Waals surface area contributed by atoms with Gasteiger partial charge in [0.15, 0.2) is 0 Å². The van der Waals surface area contributed by atoms with E-state index in [1.165, 1.54) is 10.6 Å². The first kappa shape index (κ1) is 9.52. The molecule has 0 saturated carbocycles. The minimum Gasteiger partial charge on any atom is -0.508 e. The zero-order valence-corrected chi connectivity index (χ0v) is 8.34. The van der Waals surface area contributed by atoms with Crippen LogP contribution in [0.4, 0.5) is 0 Å². The third-order valence-electron chi connectivity index (χ3n) is 2.32. The summed E-state index contributed by atoms with van der Waals surface area (Å²) in [6.45, 7) is 0. The maximum Gasteiger partial charge on any atom is 0.254 e. The van der Waals surface area contributed by atoms with E-state index in [4.69, 9.17) is 0 Å². The lowest BCUT2D eigenvalue weighted by molar-refractivity contribution is 0.472. The minimum atomic E-state index is -0.214. The van der Waals surface area contributed by atoms with Gasteiger partial charge in [-0.25, -0.2) is 0 Å². The van der Waals surface area contributed by atoms with E-state index in [0.717, 1.165) is 5.56 Å². The van der Waals surface area contributed by atoms with Crippen LogP contribution in [0.25, 0.3) is 11.3 Å². The average molecular weight is 201 g/mol. The Labute approximate surface area is 87.2 Å². The summed E-state index contributed by atoms with van der Waals surface area (Å²) in [5, 5.41) is 9.37. The predicted octanol–water partition coefficient (Wildman–Crippen LogP) is 1.76. The van der Waals surface area contributed by atoms with Crippen molar-refractivity contribution in [1.82, 2.24) is 4.57 Å². The van der Waals surface area contributed by atoms with Crippen LogP contribution in [0.1, 0.15) is 0 Å². The molecule has 0 saturated heterocycles. The van der Waals surface area contributed by atoms with Crippen LogP contribution in [-0.4, -0.2) is 9.67 Å². The van der Waals surface area contributed by atoms with Crippen LogP contribution in [0.15, 0.2) is 47.3 Å². The third-order valence-corrected chi connectivity index (χ3v) is 2.32. The predicted molar refractivity (Wildman–Crippen MR) is 58.8 cm³/mol. The molecule has 15 heavy (non-hydrogen) atoms. The lowest BCUT2D eigenvalue weighted by Crippen LogP contribution is -2.16. The molecule has 0 aliphatic carbocycles. The third kappa shape index (κ3) is 1.76. The maximum atomic E-state index is 11.4. The van der Waals surface area contributed by atoms with Gasteiger partial charge in [0, 0.05) is 19.2 Å². The van der Waals surface area contributed by atoms with Crippen molar-refractivity contribution in [2.75, 3.05) is 0 Å². The fraction of sp³-hybridized carbons (Fsp3) is 0.0833. The Balaban J connectivity index is 2.68. The van der Waals surface area contributed by atoms with Crippen molar-refractivity contribution in [3.8, 4) is 17.0 Å². The first-order valence-corrected chi connectivity index (χ1v) is 4.64. The molecule has 0 amide bonds. The van der Waals surface area contributed by atoms with E-state index >= 15 is 0 Å². The molecule has 2 aromatic rings. The van der Waals surface area contributed by atoms with E-state index in [1.54, 1.807) is 13.1 Å². The normalized spacial score (nSPS) is 10.2. The van der Waals surface area contributed by atoms with Crippen molar-refractivity contribution in [2.24, 2.45) is 7.05 Å². The molecule has 1 heterocycles. The second kappa shape index (κ2) is 3.61. The summed E-state index contributed by atoms with van der Waals surface area (Å²) in [6, 6.07) is 12.3. The van der Waals surface area contributed by atoms with Crippen molar-refractivity contribution in [2.45, 2.75) is 0 Å². The second-order valence-electron chi connectivity index (χ2n) is 3.36. The highest BCUT2D eigenvalue weighted by Gasteiger charge is 2.04. The Bertz CT molecular complexity index is 529. The van der Waals surface area contributed by atoms with Crippen molar-refractivity contribution >= 4 is 0 Å². The summed E-state index contributed by atoms with van der Waals surface area (Å²) < 4.78 is 1.51. The number of aromatic nitrogens is 1.